The first-order valence-electron chi connectivity index (χ1n) is 9.77. The van der Waals surface area contributed by atoms with Crippen LogP contribution in [0.1, 0.15) is 11.3 Å². The number of carbonyl (C=O) groups excluding carboxylic acids is 1. The molecule has 3 aromatic heterocycles. The van der Waals surface area contributed by atoms with E-state index in [2.05, 4.69) is 15.3 Å². The molecule has 0 aliphatic heterocycles. The normalized spacial score (nSPS) is 10.6. The quantitative estimate of drug-likeness (QED) is 0.357. The lowest BCUT2D eigenvalue weighted by Crippen LogP contribution is -2.24. The van der Waals surface area contributed by atoms with Crippen LogP contribution in [0.4, 0.5) is 0 Å². The Balaban J connectivity index is 1.17. The highest BCUT2D eigenvalue weighted by Gasteiger charge is 2.10. The van der Waals surface area contributed by atoms with Crippen molar-refractivity contribution in [2.24, 2.45) is 0 Å². The third-order valence-corrected chi connectivity index (χ3v) is 6.19. The number of hydrogen-bond acceptors (Lipinski definition) is 7. The number of hydrogen-bond donors (Lipinski definition) is 1. The van der Waals surface area contributed by atoms with E-state index in [0.29, 0.717) is 25.6 Å². The van der Waals surface area contributed by atoms with Gasteiger partial charge in [-0.2, -0.15) is 0 Å². The van der Waals surface area contributed by atoms with Gasteiger partial charge >= 0.3 is 0 Å². The second-order valence-electron chi connectivity index (χ2n) is 6.59. The highest BCUT2D eigenvalue weighted by molar-refractivity contribution is 7.20. The van der Waals surface area contributed by atoms with E-state index in [-0.39, 0.29) is 12.3 Å². The van der Waals surface area contributed by atoms with E-state index in [1.807, 2.05) is 59.3 Å². The summed E-state index contributed by atoms with van der Waals surface area (Å²) in [5.74, 6) is 1.27. The Morgan fingerprint density at radius 3 is 2.61 bits per heavy atom. The molecule has 0 unspecified atom stereocenters. The molecule has 1 amide bonds. The summed E-state index contributed by atoms with van der Waals surface area (Å²) in [4.78, 5) is 22.2. The number of amides is 1. The first-order chi connectivity index (χ1) is 15.3. The van der Waals surface area contributed by atoms with E-state index in [0.717, 1.165) is 26.9 Å². The third-order valence-electron chi connectivity index (χ3n) is 4.26. The number of nitrogens with one attached hydrogen (secondary N) is 1. The van der Waals surface area contributed by atoms with Gasteiger partial charge in [0.1, 0.15) is 24.0 Å². The summed E-state index contributed by atoms with van der Waals surface area (Å²) >= 11 is 3.20. The molecule has 0 atom stereocenters. The fourth-order valence-electron chi connectivity index (χ4n) is 2.75. The molecule has 1 aromatic carbocycles. The molecular formula is C23H21N3O3S2. The van der Waals surface area contributed by atoms with E-state index in [1.165, 1.54) is 0 Å². The fraction of sp³-hybridized carbons (Fsp3) is 0.174. The summed E-state index contributed by atoms with van der Waals surface area (Å²) in [6, 6.07) is 17.3. The maximum Gasteiger partial charge on any atom is 0.226 e. The number of thiophene rings is 1. The number of thiazole rings is 1. The maximum absolute atomic E-state index is 12.2. The van der Waals surface area contributed by atoms with Crippen LogP contribution in [0.25, 0.3) is 9.88 Å². The lowest BCUT2D eigenvalue weighted by molar-refractivity contribution is -0.120. The number of carbonyl (C=O) groups is 1. The minimum Gasteiger partial charge on any atom is -0.490 e. The molecule has 0 saturated carbocycles. The molecule has 0 aliphatic carbocycles. The van der Waals surface area contributed by atoms with Crippen molar-refractivity contribution in [2.45, 2.75) is 13.0 Å². The van der Waals surface area contributed by atoms with E-state index in [4.69, 9.17) is 9.47 Å². The van der Waals surface area contributed by atoms with Crippen LogP contribution in [0.3, 0.4) is 0 Å². The molecule has 158 valence electrons. The molecule has 4 rings (SSSR count). The van der Waals surface area contributed by atoms with E-state index < -0.39 is 0 Å². The SMILES string of the molecule is O=C(Cc1csc(-c2cccs2)n1)NCc1ccc(OCCOc2ccccc2)nc1. The number of benzene rings is 1. The Hall–Kier alpha value is -3.23. The van der Waals surface area contributed by atoms with E-state index >= 15 is 0 Å². The molecule has 8 heteroatoms. The van der Waals surface area contributed by atoms with Crippen LogP contribution in [0.15, 0.2) is 71.6 Å². The number of aromatic nitrogens is 2. The monoisotopic (exact) mass is 451 g/mol. The van der Waals surface area contributed by atoms with Gasteiger partial charge in [0, 0.05) is 24.2 Å². The second-order valence-corrected chi connectivity index (χ2v) is 8.40. The molecule has 0 fully saturated rings. The summed E-state index contributed by atoms with van der Waals surface area (Å²) in [7, 11) is 0. The van der Waals surface area contributed by atoms with Gasteiger partial charge in [-0.15, -0.1) is 22.7 Å². The Labute approximate surface area is 188 Å². The van der Waals surface area contributed by atoms with Crippen molar-refractivity contribution in [3.8, 4) is 21.5 Å². The third kappa shape index (κ3) is 6.37. The number of para-hydroxylation sites is 1. The largest absolute Gasteiger partial charge is 0.490 e. The first-order valence-corrected chi connectivity index (χ1v) is 11.5. The minimum atomic E-state index is -0.0681. The molecule has 0 radical (unpaired) electrons. The zero-order chi connectivity index (χ0) is 21.3. The molecule has 6 nitrogen and oxygen atoms in total. The Morgan fingerprint density at radius 2 is 1.84 bits per heavy atom. The van der Waals surface area contributed by atoms with Gasteiger partial charge in [0.25, 0.3) is 0 Å². The van der Waals surface area contributed by atoms with Crippen molar-refractivity contribution >= 4 is 28.6 Å². The van der Waals surface area contributed by atoms with Crippen LogP contribution >= 0.6 is 22.7 Å². The Morgan fingerprint density at radius 1 is 0.968 bits per heavy atom. The zero-order valence-corrected chi connectivity index (χ0v) is 18.3. The predicted molar refractivity (Wildman–Crippen MR) is 123 cm³/mol. The van der Waals surface area contributed by atoms with Gasteiger partial charge in [0.15, 0.2) is 0 Å². The van der Waals surface area contributed by atoms with Gasteiger partial charge in [0.05, 0.1) is 17.0 Å². The smallest absolute Gasteiger partial charge is 0.226 e. The van der Waals surface area contributed by atoms with E-state index in [1.54, 1.807) is 34.9 Å². The fourth-order valence-corrected chi connectivity index (χ4v) is 4.39. The van der Waals surface area contributed by atoms with Crippen LogP contribution in [0, 0.1) is 0 Å². The molecular weight excluding hydrogens is 430 g/mol. The maximum atomic E-state index is 12.2. The van der Waals surface area contributed by atoms with Gasteiger partial charge < -0.3 is 14.8 Å². The van der Waals surface area contributed by atoms with Crippen molar-refractivity contribution in [3.63, 3.8) is 0 Å². The lowest BCUT2D eigenvalue weighted by atomic mass is 10.2. The van der Waals surface area contributed by atoms with Gasteiger partial charge in [0.2, 0.25) is 11.8 Å². The summed E-state index contributed by atoms with van der Waals surface area (Å²) < 4.78 is 11.2. The van der Waals surface area contributed by atoms with Crippen LogP contribution in [0.5, 0.6) is 11.6 Å². The van der Waals surface area contributed by atoms with Crippen LogP contribution in [0.2, 0.25) is 0 Å². The van der Waals surface area contributed by atoms with Crippen LogP contribution in [-0.4, -0.2) is 29.1 Å². The lowest BCUT2D eigenvalue weighted by Gasteiger charge is -2.08. The van der Waals surface area contributed by atoms with Gasteiger partial charge in [-0.05, 0) is 29.1 Å². The van der Waals surface area contributed by atoms with Crippen molar-refractivity contribution in [1.82, 2.24) is 15.3 Å². The first kappa shape index (κ1) is 21.0. The Kier molecular flexibility index (Phi) is 7.25. The molecule has 3 heterocycles. The average molecular weight is 452 g/mol. The zero-order valence-electron chi connectivity index (χ0n) is 16.7. The number of pyridine rings is 1. The second kappa shape index (κ2) is 10.7. The summed E-state index contributed by atoms with van der Waals surface area (Å²) in [6.07, 6.45) is 1.96. The number of nitrogens with zero attached hydrogens (tertiary/aromatic N) is 2. The predicted octanol–water partition coefficient (Wildman–Crippen LogP) is 4.58. The van der Waals surface area contributed by atoms with Crippen molar-refractivity contribution in [2.75, 3.05) is 13.2 Å². The van der Waals surface area contributed by atoms with Crippen molar-refractivity contribution in [3.05, 3.63) is 82.8 Å². The van der Waals surface area contributed by atoms with Crippen molar-refractivity contribution < 1.29 is 14.3 Å². The molecule has 31 heavy (non-hydrogen) atoms. The van der Waals surface area contributed by atoms with Gasteiger partial charge in [-0.25, -0.2) is 9.97 Å². The van der Waals surface area contributed by atoms with E-state index in [9.17, 15) is 4.79 Å². The number of rotatable bonds is 10. The topological polar surface area (TPSA) is 73.3 Å². The standard InChI is InChI=1S/C23H21N3O3S2/c27-21(13-18-16-31-23(26-18)20-7-4-12-30-20)24-14-17-8-9-22(25-15-17)29-11-10-28-19-5-2-1-3-6-19/h1-9,12,15-16H,10-11,13-14H2,(H,24,27). The average Bonchev–Trinajstić information content (AvgIpc) is 3.49. The molecule has 0 spiro atoms. The molecule has 0 aliphatic rings. The highest BCUT2D eigenvalue weighted by Crippen LogP contribution is 2.27. The Bertz CT molecular complexity index is 1080. The molecule has 4 aromatic rings. The summed E-state index contributed by atoms with van der Waals surface area (Å²) in [6.45, 7) is 1.25. The highest BCUT2D eigenvalue weighted by atomic mass is 32.1. The number of ether oxygens (including phenoxy) is 2. The van der Waals surface area contributed by atoms with Gasteiger partial charge in [-0.1, -0.05) is 30.3 Å². The summed E-state index contributed by atoms with van der Waals surface area (Å²) in [5, 5.41) is 7.81. The molecule has 1 N–H and O–H groups in total. The summed E-state index contributed by atoms with van der Waals surface area (Å²) in [5.41, 5.74) is 1.68. The minimum absolute atomic E-state index is 0.0681. The van der Waals surface area contributed by atoms with Gasteiger partial charge in [-0.3, -0.25) is 4.79 Å². The van der Waals surface area contributed by atoms with Crippen molar-refractivity contribution in [1.29, 1.82) is 0 Å². The molecule has 0 saturated heterocycles. The molecule has 0 bridgehead atoms. The van der Waals surface area contributed by atoms with Crippen LogP contribution < -0.4 is 14.8 Å². The van der Waals surface area contributed by atoms with Crippen LogP contribution in [-0.2, 0) is 17.8 Å².